The molecule has 1 N–H and O–H groups in total. The van der Waals surface area contributed by atoms with Crippen LogP contribution in [0.3, 0.4) is 0 Å². The van der Waals surface area contributed by atoms with E-state index in [2.05, 4.69) is 5.32 Å². The van der Waals surface area contributed by atoms with Crippen LogP contribution in [0.25, 0.3) is 0 Å². The van der Waals surface area contributed by atoms with Crippen LogP contribution in [-0.4, -0.2) is 17.6 Å². The van der Waals surface area contributed by atoms with E-state index in [0.717, 1.165) is 0 Å². The summed E-state index contributed by atoms with van der Waals surface area (Å²) in [5.74, 6) is -0.700. The number of nitrogens with one attached hydrogen (secondary N) is 1. The molecule has 0 bridgehead atoms. The zero-order valence-corrected chi connectivity index (χ0v) is 9.03. The number of amides is 1. The summed E-state index contributed by atoms with van der Waals surface area (Å²) in [6, 6.07) is 4.03. The van der Waals surface area contributed by atoms with E-state index >= 15 is 0 Å². The zero-order chi connectivity index (χ0) is 11.0. The van der Waals surface area contributed by atoms with Gasteiger partial charge in [0.05, 0.1) is 17.3 Å². The third-order valence-corrected chi connectivity index (χ3v) is 2.62. The lowest BCUT2D eigenvalue weighted by Gasteiger charge is -2.14. The number of rotatable bonds is 1. The Balaban J connectivity index is 2.41. The number of benzene rings is 1. The Morgan fingerprint density at radius 1 is 1.53 bits per heavy atom. The molecule has 6 heteroatoms. The molecule has 1 saturated heterocycles. The standard InChI is InChI=1S/C9H6ClFN2OS/c10-6-3-5(1-2-7(6)11)13-8(14)4-12-9(13)15/h1-3H,4H2,(H,12,15). The molecule has 0 atom stereocenters. The van der Waals surface area contributed by atoms with Gasteiger partial charge in [-0.25, -0.2) is 4.39 Å². The highest BCUT2D eigenvalue weighted by atomic mass is 35.5. The maximum absolute atomic E-state index is 12.9. The average molecular weight is 245 g/mol. The van der Waals surface area contributed by atoms with E-state index in [-0.39, 0.29) is 17.5 Å². The normalized spacial score (nSPS) is 15.7. The molecule has 2 rings (SSSR count). The second-order valence-electron chi connectivity index (χ2n) is 2.99. The first kappa shape index (κ1) is 10.3. The Bertz CT molecular complexity index is 436. The van der Waals surface area contributed by atoms with E-state index in [1.807, 2.05) is 0 Å². The summed E-state index contributed by atoms with van der Waals surface area (Å²) in [6.07, 6.45) is 0. The minimum atomic E-state index is -0.522. The SMILES string of the molecule is O=C1CNC(=S)N1c1ccc(F)c(Cl)c1. The number of thiocarbonyl (C=S) groups is 1. The zero-order valence-electron chi connectivity index (χ0n) is 7.46. The molecular formula is C9H6ClFN2OS. The van der Waals surface area contributed by atoms with E-state index in [1.54, 1.807) is 0 Å². The second kappa shape index (κ2) is 3.75. The van der Waals surface area contributed by atoms with Crippen LogP contribution in [0.2, 0.25) is 5.02 Å². The van der Waals surface area contributed by atoms with Gasteiger partial charge in [0.1, 0.15) is 5.82 Å². The number of carbonyl (C=O) groups excluding carboxylic acids is 1. The van der Waals surface area contributed by atoms with Crippen LogP contribution >= 0.6 is 23.8 Å². The van der Waals surface area contributed by atoms with Gasteiger partial charge >= 0.3 is 0 Å². The average Bonchev–Trinajstić information content (AvgIpc) is 2.52. The van der Waals surface area contributed by atoms with Gasteiger partial charge in [-0.1, -0.05) is 11.6 Å². The quantitative estimate of drug-likeness (QED) is 0.764. The smallest absolute Gasteiger partial charge is 0.252 e. The van der Waals surface area contributed by atoms with E-state index in [9.17, 15) is 9.18 Å². The molecular weight excluding hydrogens is 239 g/mol. The van der Waals surface area contributed by atoms with E-state index < -0.39 is 5.82 Å². The molecule has 0 radical (unpaired) electrons. The molecule has 0 saturated carbocycles. The molecule has 15 heavy (non-hydrogen) atoms. The summed E-state index contributed by atoms with van der Waals surface area (Å²) in [4.78, 5) is 12.7. The molecule has 1 aromatic carbocycles. The van der Waals surface area contributed by atoms with Gasteiger partial charge in [-0.2, -0.15) is 0 Å². The molecule has 0 aromatic heterocycles. The third-order valence-electron chi connectivity index (χ3n) is 2.00. The summed E-state index contributed by atoms with van der Waals surface area (Å²) >= 11 is 10.5. The van der Waals surface area contributed by atoms with Crippen LogP contribution in [0.5, 0.6) is 0 Å². The lowest BCUT2D eigenvalue weighted by atomic mass is 10.3. The molecule has 1 heterocycles. The Labute approximate surface area is 95.8 Å². The van der Waals surface area contributed by atoms with Crippen molar-refractivity contribution in [3.63, 3.8) is 0 Å². The first-order chi connectivity index (χ1) is 7.09. The van der Waals surface area contributed by atoms with Crippen LogP contribution in [0, 0.1) is 5.82 Å². The number of nitrogens with zero attached hydrogens (tertiary/aromatic N) is 1. The fourth-order valence-corrected chi connectivity index (χ4v) is 1.76. The van der Waals surface area contributed by atoms with Crippen LogP contribution in [0.15, 0.2) is 18.2 Å². The van der Waals surface area contributed by atoms with Crippen molar-refractivity contribution >= 4 is 40.5 Å². The van der Waals surface area contributed by atoms with Gasteiger partial charge in [0, 0.05) is 0 Å². The van der Waals surface area contributed by atoms with E-state index in [0.29, 0.717) is 10.8 Å². The summed E-state index contributed by atoms with van der Waals surface area (Å²) in [5, 5.41) is 3.00. The number of hydrogen-bond acceptors (Lipinski definition) is 2. The Kier molecular flexibility index (Phi) is 2.58. The van der Waals surface area contributed by atoms with Gasteiger partial charge in [0.2, 0.25) is 0 Å². The molecule has 0 unspecified atom stereocenters. The van der Waals surface area contributed by atoms with Crippen molar-refractivity contribution in [2.75, 3.05) is 11.4 Å². The van der Waals surface area contributed by atoms with Crippen molar-refractivity contribution in [1.82, 2.24) is 5.32 Å². The van der Waals surface area contributed by atoms with E-state index in [4.69, 9.17) is 23.8 Å². The lowest BCUT2D eigenvalue weighted by Crippen LogP contribution is -2.30. The van der Waals surface area contributed by atoms with Crippen molar-refractivity contribution in [1.29, 1.82) is 0 Å². The first-order valence-corrected chi connectivity index (χ1v) is 4.94. The molecule has 3 nitrogen and oxygen atoms in total. The van der Waals surface area contributed by atoms with Crippen LogP contribution < -0.4 is 10.2 Å². The van der Waals surface area contributed by atoms with Gasteiger partial charge in [-0.15, -0.1) is 0 Å². The van der Waals surface area contributed by atoms with Gasteiger partial charge in [-0.05, 0) is 30.4 Å². The minimum absolute atomic E-state index is 0.0324. The van der Waals surface area contributed by atoms with Crippen molar-refractivity contribution in [3.05, 3.63) is 29.0 Å². The summed E-state index contributed by atoms with van der Waals surface area (Å²) in [6.45, 7) is 0.161. The number of hydrogen-bond donors (Lipinski definition) is 1. The van der Waals surface area contributed by atoms with Crippen LogP contribution in [0.4, 0.5) is 10.1 Å². The summed E-state index contributed by atoms with van der Waals surface area (Å²) in [5.41, 5.74) is 0.474. The van der Waals surface area contributed by atoms with Crippen molar-refractivity contribution in [3.8, 4) is 0 Å². The lowest BCUT2D eigenvalue weighted by molar-refractivity contribution is -0.115. The van der Waals surface area contributed by atoms with Crippen molar-refractivity contribution in [2.24, 2.45) is 0 Å². The Morgan fingerprint density at radius 2 is 2.27 bits per heavy atom. The van der Waals surface area contributed by atoms with Gasteiger partial charge in [0.15, 0.2) is 5.11 Å². The van der Waals surface area contributed by atoms with Gasteiger partial charge < -0.3 is 5.32 Å². The van der Waals surface area contributed by atoms with Crippen molar-refractivity contribution < 1.29 is 9.18 Å². The molecule has 1 aromatic rings. The Hall–Kier alpha value is -1.20. The summed E-state index contributed by atoms with van der Waals surface area (Å²) in [7, 11) is 0. The van der Waals surface area contributed by atoms with Gasteiger partial charge in [-0.3, -0.25) is 9.69 Å². The van der Waals surface area contributed by atoms with Crippen LogP contribution in [0.1, 0.15) is 0 Å². The molecule has 0 aliphatic carbocycles. The van der Waals surface area contributed by atoms with Crippen LogP contribution in [-0.2, 0) is 4.79 Å². The molecule has 78 valence electrons. The largest absolute Gasteiger partial charge is 0.353 e. The molecule has 0 spiro atoms. The number of halogens is 2. The third kappa shape index (κ3) is 1.80. The first-order valence-electron chi connectivity index (χ1n) is 4.15. The number of anilines is 1. The monoisotopic (exact) mass is 244 g/mol. The topological polar surface area (TPSA) is 32.3 Å². The highest BCUT2D eigenvalue weighted by Crippen LogP contribution is 2.24. The highest BCUT2D eigenvalue weighted by molar-refractivity contribution is 7.80. The molecule has 1 aliphatic heterocycles. The maximum Gasteiger partial charge on any atom is 0.252 e. The number of carbonyl (C=O) groups is 1. The predicted octanol–water partition coefficient (Wildman–Crippen LogP) is 1.70. The maximum atomic E-state index is 12.9. The van der Waals surface area contributed by atoms with Gasteiger partial charge in [0.25, 0.3) is 5.91 Å². The minimum Gasteiger partial charge on any atom is -0.353 e. The molecule has 1 amide bonds. The second-order valence-corrected chi connectivity index (χ2v) is 3.78. The Morgan fingerprint density at radius 3 is 2.80 bits per heavy atom. The van der Waals surface area contributed by atoms with E-state index in [1.165, 1.54) is 23.1 Å². The predicted molar refractivity (Wildman–Crippen MR) is 59.5 cm³/mol. The molecule has 1 fully saturated rings. The fraction of sp³-hybridized carbons (Fsp3) is 0.111. The highest BCUT2D eigenvalue weighted by Gasteiger charge is 2.27. The fourth-order valence-electron chi connectivity index (χ4n) is 1.31. The van der Waals surface area contributed by atoms with Crippen molar-refractivity contribution in [2.45, 2.75) is 0 Å². The molecule has 1 aliphatic rings. The summed E-state index contributed by atoms with van der Waals surface area (Å²) < 4.78 is 12.9.